The van der Waals surface area contributed by atoms with Crippen LogP contribution < -0.4 is 26.6 Å². The van der Waals surface area contributed by atoms with E-state index in [2.05, 4.69) is 0 Å². The van der Waals surface area contributed by atoms with Gasteiger partial charge < -0.3 is 15.4 Å². The number of amides is 1. The molecule has 2 aliphatic rings. The number of aromatic nitrogens is 2. The molecule has 0 saturated heterocycles. The Morgan fingerprint density at radius 2 is 1.78 bits per heavy atom. The van der Waals surface area contributed by atoms with E-state index in [0.29, 0.717) is 11.3 Å². The second kappa shape index (κ2) is 5.11. The molecule has 3 heterocycles. The summed E-state index contributed by atoms with van der Waals surface area (Å²) >= 11 is 0. The number of hydrogen-bond donors (Lipinski definition) is 1. The molecule has 136 valence electrons. The highest BCUT2D eigenvalue weighted by atomic mass is 16.5. The molecule has 1 aromatic carbocycles. The van der Waals surface area contributed by atoms with Gasteiger partial charge in [-0.15, -0.1) is 0 Å². The highest BCUT2D eigenvalue weighted by Gasteiger charge is 2.60. The molecule has 4 rings (SSSR count). The lowest BCUT2D eigenvalue weighted by atomic mass is 9.69. The quantitative estimate of drug-likeness (QED) is 0.667. The first-order valence-corrected chi connectivity index (χ1v) is 8.04. The number of nitrogens with zero attached hydrogens (tertiary/aromatic N) is 4. The van der Waals surface area contributed by atoms with Gasteiger partial charge in [-0.2, -0.15) is 5.26 Å². The van der Waals surface area contributed by atoms with Crippen LogP contribution >= 0.6 is 0 Å². The standard InChI is InChI=1S/C18H15N5O4/c1-21-11-7-5-4-6-9(11)18(16(21)25)10(8-19)13(20)27-15-12(18)14(24)22(2)17(26)23(15)3/h4-7H,20H2,1-3H3/t18-/m1/s1. The maximum absolute atomic E-state index is 13.5. The molecule has 0 radical (unpaired) electrons. The Morgan fingerprint density at radius 1 is 1.11 bits per heavy atom. The van der Waals surface area contributed by atoms with Crippen LogP contribution in [0.1, 0.15) is 11.1 Å². The van der Waals surface area contributed by atoms with E-state index in [0.717, 1.165) is 9.13 Å². The Bertz CT molecular complexity index is 1230. The lowest BCUT2D eigenvalue weighted by molar-refractivity contribution is -0.120. The summed E-state index contributed by atoms with van der Waals surface area (Å²) in [6.07, 6.45) is 0. The maximum Gasteiger partial charge on any atom is 0.333 e. The highest BCUT2D eigenvalue weighted by Crippen LogP contribution is 2.53. The third kappa shape index (κ3) is 1.69. The van der Waals surface area contributed by atoms with Crippen LogP contribution in [0, 0.1) is 11.3 Å². The van der Waals surface area contributed by atoms with Gasteiger partial charge in [0, 0.05) is 32.4 Å². The normalized spacial score (nSPS) is 20.4. The van der Waals surface area contributed by atoms with Crippen molar-refractivity contribution in [1.82, 2.24) is 9.13 Å². The zero-order valence-corrected chi connectivity index (χ0v) is 14.8. The fraction of sp³-hybridized carbons (Fsp3) is 0.222. The van der Waals surface area contributed by atoms with E-state index in [4.69, 9.17) is 10.5 Å². The molecule has 0 saturated carbocycles. The Labute approximate surface area is 153 Å². The van der Waals surface area contributed by atoms with Crippen LogP contribution in [0.3, 0.4) is 0 Å². The van der Waals surface area contributed by atoms with Gasteiger partial charge in [0.05, 0.1) is 0 Å². The first-order chi connectivity index (χ1) is 12.8. The number of para-hydroxylation sites is 1. The first kappa shape index (κ1) is 16.7. The van der Waals surface area contributed by atoms with E-state index in [1.807, 2.05) is 6.07 Å². The largest absolute Gasteiger partial charge is 0.423 e. The molecule has 0 fully saturated rings. The van der Waals surface area contributed by atoms with Crippen LogP contribution in [0.2, 0.25) is 0 Å². The zero-order chi connectivity index (χ0) is 19.7. The van der Waals surface area contributed by atoms with E-state index in [9.17, 15) is 19.6 Å². The van der Waals surface area contributed by atoms with E-state index >= 15 is 0 Å². The minimum atomic E-state index is -1.77. The minimum Gasteiger partial charge on any atom is -0.423 e. The van der Waals surface area contributed by atoms with Crippen LogP contribution in [0.5, 0.6) is 5.88 Å². The van der Waals surface area contributed by atoms with Gasteiger partial charge in [-0.3, -0.25) is 18.7 Å². The molecule has 0 aliphatic carbocycles. The summed E-state index contributed by atoms with van der Waals surface area (Å²) in [6, 6.07) is 8.79. The van der Waals surface area contributed by atoms with Crippen molar-refractivity contribution >= 4 is 11.6 Å². The summed E-state index contributed by atoms with van der Waals surface area (Å²) in [7, 11) is 4.28. The molecular weight excluding hydrogens is 350 g/mol. The molecule has 1 amide bonds. The monoisotopic (exact) mass is 365 g/mol. The number of benzene rings is 1. The van der Waals surface area contributed by atoms with E-state index in [1.54, 1.807) is 31.3 Å². The van der Waals surface area contributed by atoms with Gasteiger partial charge in [-0.25, -0.2) is 4.79 Å². The lowest BCUT2D eigenvalue weighted by Crippen LogP contribution is -2.52. The zero-order valence-electron chi connectivity index (χ0n) is 14.8. The van der Waals surface area contributed by atoms with Crippen LogP contribution in [-0.4, -0.2) is 22.1 Å². The number of anilines is 1. The Hall–Kier alpha value is -3.80. The topological polar surface area (TPSA) is 123 Å². The van der Waals surface area contributed by atoms with E-state index in [1.165, 1.54) is 19.0 Å². The molecule has 2 aromatic rings. The number of nitriles is 1. The van der Waals surface area contributed by atoms with Gasteiger partial charge in [0.15, 0.2) is 5.41 Å². The average Bonchev–Trinajstić information content (AvgIpc) is 2.88. The maximum atomic E-state index is 13.5. The number of carbonyl (C=O) groups excluding carboxylic acids is 1. The second-order valence-corrected chi connectivity index (χ2v) is 6.47. The number of ether oxygens (including phenoxy) is 1. The summed E-state index contributed by atoms with van der Waals surface area (Å²) in [6.45, 7) is 0. The smallest absolute Gasteiger partial charge is 0.333 e. The molecule has 0 bridgehead atoms. The Kier molecular flexibility index (Phi) is 3.15. The fourth-order valence-electron chi connectivity index (χ4n) is 3.91. The molecule has 0 unspecified atom stereocenters. The average molecular weight is 365 g/mol. The predicted molar refractivity (Wildman–Crippen MR) is 95.0 cm³/mol. The lowest BCUT2D eigenvalue weighted by Gasteiger charge is -2.34. The van der Waals surface area contributed by atoms with Crippen molar-refractivity contribution in [3.63, 3.8) is 0 Å². The molecule has 2 aliphatic heterocycles. The van der Waals surface area contributed by atoms with Gasteiger partial charge in [0.25, 0.3) is 5.56 Å². The molecule has 1 aromatic heterocycles. The van der Waals surface area contributed by atoms with Gasteiger partial charge in [-0.1, -0.05) is 18.2 Å². The van der Waals surface area contributed by atoms with Crippen LogP contribution in [0.25, 0.3) is 0 Å². The van der Waals surface area contributed by atoms with Crippen molar-refractivity contribution in [3.05, 3.63) is 67.7 Å². The molecular formula is C18H15N5O4. The molecule has 9 heteroatoms. The van der Waals surface area contributed by atoms with E-state index < -0.39 is 22.6 Å². The molecule has 27 heavy (non-hydrogen) atoms. The third-order valence-corrected chi connectivity index (χ3v) is 5.22. The fourth-order valence-corrected chi connectivity index (χ4v) is 3.91. The number of nitrogens with two attached hydrogens (primary N) is 1. The van der Waals surface area contributed by atoms with Gasteiger partial charge in [0.2, 0.25) is 17.7 Å². The van der Waals surface area contributed by atoms with Gasteiger partial charge in [0.1, 0.15) is 17.2 Å². The summed E-state index contributed by atoms with van der Waals surface area (Å²) in [4.78, 5) is 40.3. The Balaban J connectivity index is 2.31. The minimum absolute atomic E-state index is 0.0975. The van der Waals surface area contributed by atoms with Crippen molar-refractivity contribution in [2.24, 2.45) is 19.8 Å². The van der Waals surface area contributed by atoms with Gasteiger partial charge in [-0.05, 0) is 6.07 Å². The number of carbonyl (C=O) groups is 1. The van der Waals surface area contributed by atoms with Crippen molar-refractivity contribution < 1.29 is 9.53 Å². The van der Waals surface area contributed by atoms with Gasteiger partial charge >= 0.3 is 5.69 Å². The number of likely N-dealkylation sites (N-methyl/N-ethyl adjacent to an activating group) is 1. The number of fused-ring (bicyclic) bond motifs is 4. The van der Waals surface area contributed by atoms with Crippen LogP contribution in [-0.2, 0) is 24.3 Å². The second-order valence-electron chi connectivity index (χ2n) is 6.47. The van der Waals surface area contributed by atoms with Crippen molar-refractivity contribution in [2.45, 2.75) is 5.41 Å². The summed E-state index contributed by atoms with van der Waals surface area (Å²) in [5, 5.41) is 9.81. The summed E-state index contributed by atoms with van der Waals surface area (Å²) in [5.41, 5.74) is 3.58. The SMILES string of the molecule is CN1C(=O)[C@@]2(C(C#N)=C(N)Oc3c2c(=O)n(C)c(=O)n3C)c2ccccc21. The number of rotatable bonds is 0. The number of hydrogen-bond acceptors (Lipinski definition) is 6. The highest BCUT2D eigenvalue weighted by molar-refractivity contribution is 6.13. The molecule has 1 atom stereocenters. The van der Waals surface area contributed by atoms with Crippen molar-refractivity contribution in [3.8, 4) is 11.9 Å². The van der Waals surface area contributed by atoms with Crippen molar-refractivity contribution in [2.75, 3.05) is 11.9 Å². The molecule has 1 spiro atoms. The molecule has 2 N–H and O–H groups in total. The molecule has 9 nitrogen and oxygen atoms in total. The summed E-state index contributed by atoms with van der Waals surface area (Å²) in [5.74, 6) is -0.965. The summed E-state index contributed by atoms with van der Waals surface area (Å²) < 4.78 is 7.47. The van der Waals surface area contributed by atoms with Crippen molar-refractivity contribution in [1.29, 1.82) is 5.26 Å². The Morgan fingerprint density at radius 3 is 2.44 bits per heavy atom. The first-order valence-electron chi connectivity index (χ1n) is 8.04. The van der Waals surface area contributed by atoms with Crippen LogP contribution in [0.15, 0.2) is 45.3 Å². The van der Waals surface area contributed by atoms with E-state index in [-0.39, 0.29) is 22.9 Å². The third-order valence-electron chi connectivity index (χ3n) is 5.22. The predicted octanol–water partition coefficient (Wildman–Crippen LogP) is -0.567. The van der Waals surface area contributed by atoms with Crippen LogP contribution in [0.4, 0.5) is 5.69 Å².